The zero-order valence-corrected chi connectivity index (χ0v) is 11.7. The van der Waals surface area contributed by atoms with Crippen LogP contribution in [0.2, 0.25) is 19.6 Å². The van der Waals surface area contributed by atoms with E-state index in [9.17, 15) is 0 Å². The normalized spacial score (nSPS) is 10.6. The first-order chi connectivity index (χ1) is 6.38. The second kappa shape index (κ2) is 4.33. The van der Waals surface area contributed by atoms with Gasteiger partial charge in [-0.25, -0.2) is 0 Å². The van der Waals surface area contributed by atoms with Gasteiger partial charge in [-0.3, -0.25) is 0 Å². The maximum Gasteiger partial charge on any atom is 0.129 e. The van der Waals surface area contributed by atoms with Gasteiger partial charge in [0.2, 0.25) is 0 Å². The van der Waals surface area contributed by atoms with E-state index in [0.29, 0.717) is 0 Å². The number of hydrogen-bond donors (Lipinski definition) is 0. The van der Waals surface area contributed by atoms with Crippen LogP contribution in [-0.4, -0.2) is 8.07 Å². The maximum absolute atomic E-state index is 3.45. The van der Waals surface area contributed by atoms with Gasteiger partial charge >= 0.3 is 0 Å². The van der Waals surface area contributed by atoms with Gasteiger partial charge in [-0.2, -0.15) is 0 Å². The standard InChI is InChI=1S/C12H15BrSi/c1-10-9-12(13)6-5-11(10)7-8-14(2,3)4/h5-6,9H,1-4H3. The van der Waals surface area contributed by atoms with Gasteiger partial charge in [0.05, 0.1) is 0 Å². The van der Waals surface area contributed by atoms with E-state index < -0.39 is 8.07 Å². The van der Waals surface area contributed by atoms with E-state index >= 15 is 0 Å². The molecule has 0 aliphatic rings. The molecular weight excluding hydrogens is 252 g/mol. The van der Waals surface area contributed by atoms with Gasteiger partial charge in [0.15, 0.2) is 0 Å². The van der Waals surface area contributed by atoms with Crippen molar-refractivity contribution in [1.29, 1.82) is 0 Å². The van der Waals surface area contributed by atoms with Crippen LogP contribution in [0.25, 0.3) is 0 Å². The molecule has 0 amide bonds. The van der Waals surface area contributed by atoms with Crippen LogP contribution >= 0.6 is 15.9 Å². The minimum Gasteiger partial charge on any atom is -0.127 e. The highest BCUT2D eigenvalue weighted by Gasteiger charge is 2.07. The highest BCUT2D eigenvalue weighted by atomic mass is 79.9. The second-order valence-corrected chi connectivity index (χ2v) is 10.1. The summed E-state index contributed by atoms with van der Waals surface area (Å²) in [6, 6.07) is 6.22. The van der Waals surface area contributed by atoms with Gasteiger partial charge in [-0.15, -0.1) is 5.54 Å². The second-order valence-electron chi connectivity index (χ2n) is 4.46. The Labute approximate surface area is 95.9 Å². The molecule has 0 saturated carbocycles. The summed E-state index contributed by atoms with van der Waals surface area (Å²) in [5.74, 6) is 3.27. The zero-order valence-electron chi connectivity index (χ0n) is 9.11. The Morgan fingerprint density at radius 1 is 1.21 bits per heavy atom. The molecular formula is C12H15BrSi. The first-order valence-corrected chi connectivity index (χ1v) is 8.97. The van der Waals surface area contributed by atoms with E-state index in [4.69, 9.17) is 0 Å². The van der Waals surface area contributed by atoms with E-state index in [1.54, 1.807) is 0 Å². The lowest BCUT2D eigenvalue weighted by molar-refractivity contribution is 1.42. The molecule has 14 heavy (non-hydrogen) atoms. The van der Waals surface area contributed by atoms with Crippen LogP contribution in [0.4, 0.5) is 0 Å². The van der Waals surface area contributed by atoms with Crippen molar-refractivity contribution in [2.24, 2.45) is 0 Å². The zero-order chi connectivity index (χ0) is 10.8. The van der Waals surface area contributed by atoms with Gasteiger partial charge in [-0.1, -0.05) is 41.5 Å². The average Bonchev–Trinajstić information content (AvgIpc) is 2.00. The minimum atomic E-state index is -1.25. The summed E-state index contributed by atoms with van der Waals surface area (Å²) in [6.45, 7) is 8.87. The molecule has 0 radical (unpaired) electrons. The van der Waals surface area contributed by atoms with Gasteiger partial charge in [0.25, 0.3) is 0 Å². The molecule has 1 aromatic rings. The molecule has 1 aromatic carbocycles. The number of aryl methyl sites for hydroxylation is 1. The monoisotopic (exact) mass is 266 g/mol. The fourth-order valence-electron chi connectivity index (χ4n) is 1.02. The summed E-state index contributed by atoms with van der Waals surface area (Å²) in [5, 5.41) is 0. The molecule has 74 valence electrons. The molecule has 0 N–H and O–H groups in total. The Kier molecular flexibility index (Phi) is 3.57. The third kappa shape index (κ3) is 3.69. The van der Waals surface area contributed by atoms with Crippen LogP contribution in [0.5, 0.6) is 0 Å². The molecule has 0 unspecified atom stereocenters. The highest BCUT2D eigenvalue weighted by molar-refractivity contribution is 9.10. The summed E-state index contributed by atoms with van der Waals surface area (Å²) in [5.41, 5.74) is 5.76. The summed E-state index contributed by atoms with van der Waals surface area (Å²) in [4.78, 5) is 0. The lowest BCUT2D eigenvalue weighted by atomic mass is 10.1. The van der Waals surface area contributed by atoms with Crippen molar-refractivity contribution in [3.8, 4) is 11.5 Å². The van der Waals surface area contributed by atoms with Gasteiger partial charge in [0.1, 0.15) is 8.07 Å². The first-order valence-electron chi connectivity index (χ1n) is 4.68. The maximum atomic E-state index is 3.45. The van der Waals surface area contributed by atoms with Crippen molar-refractivity contribution in [2.45, 2.75) is 26.6 Å². The van der Waals surface area contributed by atoms with Crippen LogP contribution in [0, 0.1) is 18.4 Å². The number of rotatable bonds is 0. The average molecular weight is 267 g/mol. The summed E-state index contributed by atoms with van der Waals surface area (Å²) >= 11 is 3.45. The van der Waals surface area contributed by atoms with Crippen molar-refractivity contribution in [1.82, 2.24) is 0 Å². The molecule has 1 rings (SSSR count). The summed E-state index contributed by atoms with van der Waals surface area (Å²) < 4.78 is 1.12. The Morgan fingerprint density at radius 3 is 2.36 bits per heavy atom. The molecule has 0 saturated heterocycles. The topological polar surface area (TPSA) is 0 Å². The van der Waals surface area contributed by atoms with E-state index in [2.05, 4.69) is 66.1 Å². The van der Waals surface area contributed by atoms with E-state index in [0.717, 1.165) is 10.0 Å². The van der Waals surface area contributed by atoms with E-state index in [1.165, 1.54) is 5.56 Å². The summed E-state index contributed by atoms with van der Waals surface area (Å²) in [6.07, 6.45) is 0. The lowest BCUT2D eigenvalue weighted by Crippen LogP contribution is -2.16. The fourth-order valence-corrected chi connectivity index (χ4v) is 2.01. The molecule has 2 heteroatoms. The van der Waals surface area contributed by atoms with Gasteiger partial charge in [0, 0.05) is 10.0 Å². The Morgan fingerprint density at radius 2 is 1.86 bits per heavy atom. The number of benzene rings is 1. The molecule has 0 nitrogen and oxygen atoms in total. The minimum absolute atomic E-state index is 1.12. The van der Waals surface area contributed by atoms with Crippen molar-refractivity contribution in [3.63, 3.8) is 0 Å². The predicted octanol–water partition coefficient (Wildman–Crippen LogP) is 3.99. The molecule has 0 heterocycles. The molecule has 0 fully saturated rings. The van der Waals surface area contributed by atoms with Crippen molar-refractivity contribution < 1.29 is 0 Å². The van der Waals surface area contributed by atoms with Gasteiger partial charge in [-0.05, 0) is 30.7 Å². The van der Waals surface area contributed by atoms with Crippen LogP contribution in [0.3, 0.4) is 0 Å². The third-order valence-electron chi connectivity index (χ3n) is 1.76. The van der Waals surface area contributed by atoms with E-state index in [-0.39, 0.29) is 0 Å². The lowest BCUT2D eigenvalue weighted by Gasteiger charge is -2.04. The Balaban J connectivity index is 3.02. The number of hydrogen-bond acceptors (Lipinski definition) is 0. The van der Waals surface area contributed by atoms with Crippen LogP contribution in [0.15, 0.2) is 22.7 Å². The molecule has 0 spiro atoms. The molecule has 0 aliphatic carbocycles. The highest BCUT2D eigenvalue weighted by Crippen LogP contribution is 2.15. The van der Waals surface area contributed by atoms with Crippen LogP contribution in [0.1, 0.15) is 11.1 Å². The smallest absolute Gasteiger partial charge is 0.127 e. The predicted molar refractivity (Wildman–Crippen MR) is 69.1 cm³/mol. The van der Waals surface area contributed by atoms with Crippen molar-refractivity contribution in [3.05, 3.63) is 33.8 Å². The Bertz CT molecular complexity index is 391. The first kappa shape index (κ1) is 11.6. The van der Waals surface area contributed by atoms with Gasteiger partial charge < -0.3 is 0 Å². The van der Waals surface area contributed by atoms with E-state index in [1.807, 2.05) is 6.07 Å². The Hall–Kier alpha value is -0.523. The van der Waals surface area contributed by atoms with Crippen molar-refractivity contribution >= 4 is 24.0 Å². The SMILES string of the molecule is Cc1cc(Br)ccc1C#C[Si](C)(C)C. The molecule has 0 bridgehead atoms. The summed E-state index contributed by atoms with van der Waals surface area (Å²) in [7, 11) is -1.25. The molecule has 0 aromatic heterocycles. The fraction of sp³-hybridized carbons (Fsp3) is 0.333. The van der Waals surface area contributed by atoms with Crippen LogP contribution in [-0.2, 0) is 0 Å². The van der Waals surface area contributed by atoms with Crippen molar-refractivity contribution in [2.75, 3.05) is 0 Å². The number of halogens is 1. The molecule has 0 aliphatic heterocycles. The van der Waals surface area contributed by atoms with Crippen LogP contribution < -0.4 is 0 Å². The molecule has 0 atom stereocenters. The largest absolute Gasteiger partial charge is 0.129 e. The third-order valence-corrected chi connectivity index (χ3v) is 3.13. The quantitative estimate of drug-likeness (QED) is 0.492.